The molecular weight excluding hydrogens is 380 g/mol. The number of rotatable bonds is 5. The highest BCUT2D eigenvalue weighted by Gasteiger charge is 2.25. The lowest BCUT2D eigenvalue weighted by atomic mass is 9.92. The van der Waals surface area contributed by atoms with Gasteiger partial charge in [-0.05, 0) is 37.0 Å². The fourth-order valence-corrected chi connectivity index (χ4v) is 3.88. The molecule has 8 heteroatoms. The second kappa shape index (κ2) is 8.61. The zero-order valence-electron chi connectivity index (χ0n) is 17.3. The summed E-state index contributed by atoms with van der Waals surface area (Å²) in [5.74, 6) is 0.961. The summed E-state index contributed by atoms with van der Waals surface area (Å²) in [4.78, 5) is 44.6. The number of nitrogens with one attached hydrogen (secondary N) is 1. The quantitative estimate of drug-likeness (QED) is 0.697. The van der Waals surface area contributed by atoms with Gasteiger partial charge < -0.3 is 14.8 Å². The van der Waals surface area contributed by atoms with E-state index in [1.807, 2.05) is 42.1 Å². The lowest BCUT2D eigenvalue weighted by Gasteiger charge is -2.32. The van der Waals surface area contributed by atoms with Gasteiger partial charge in [0.15, 0.2) is 0 Å². The van der Waals surface area contributed by atoms with Crippen LogP contribution in [0.5, 0.6) is 0 Å². The molecule has 1 fully saturated rings. The number of aromatic amines is 1. The third-order valence-electron chi connectivity index (χ3n) is 5.64. The van der Waals surface area contributed by atoms with Crippen LogP contribution < -0.4 is 10.5 Å². The lowest BCUT2D eigenvalue weighted by molar-refractivity contribution is -0.132. The van der Waals surface area contributed by atoms with Crippen molar-refractivity contribution < 1.29 is 4.79 Å². The molecule has 3 aromatic heterocycles. The van der Waals surface area contributed by atoms with Crippen LogP contribution in [0, 0.1) is 0 Å². The van der Waals surface area contributed by atoms with Crippen LogP contribution >= 0.6 is 0 Å². The third-order valence-corrected chi connectivity index (χ3v) is 5.64. The van der Waals surface area contributed by atoms with Crippen LogP contribution in [0.4, 0.5) is 5.95 Å². The Labute approximate surface area is 175 Å². The zero-order chi connectivity index (χ0) is 21.1. The standard InChI is InChI=1S/C22H26N6O2/c1-27(2)22-24-14-17-19(26-22)12-18(25-21(17)30)16-7-10-28(11-8-16)20(29)6-5-15-4-3-9-23-13-15/h3-4,9,12-14,16H,5-8,10-11H2,1-2H3,(H,25,30). The largest absolute Gasteiger partial charge is 0.347 e. The van der Waals surface area contributed by atoms with Gasteiger partial charge in [0, 0.05) is 63.8 Å². The maximum atomic E-state index is 12.6. The Hall–Kier alpha value is -3.29. The van der Waals surface area contributed by atoms with E-state index in [-0.39, 0.29) is 17.4 Å². The van der Waals surface area contributed by atoms with Crippen molar-refractivity contribution in [2.45, 2.75) is 31.6 Å². The molecule has 3 aromatic rings. The number of aromatic nitrogens is 4. The molecule has 0 spiro atoms. The van der Waals surface area contributed by atoms with Gasteiger partial charge in [0.2, 0.25) is 11.9 Å². The van der Waals surface area contributed by atoms with E-state index in [1.54, 1.807) is 18.6 Å². The van der Waals surface area contributed by atoms with E-state index in [4.69, 9.17) is 0 Å². The van der Waals surface area contributed by atoms with Crippen LogP contribution in [0.1, 0.15) is 36.4 Å². The Morgan fingerprint density at radius 3 is 2.77 bits per heavy atom. The number of pyridine rings is 2. The molecular formula is C22H26N6O2. The fraction of sp³-hybridized carbons (Fsp3) is 0.409. The van der Waals surface area contributed by atoms with Gasteiger partial charge in [0.05, 0.1) is 10.9 Å². The average molecular weight is 406 g/mol. The van der Waals surface area contributed by atoms with E-state index >= 15 is 0 Å². The van der Waals surface area contributed by atoms with Crippen molar-refractivity contribution in [3.63, 3.8) is 0 Å². The molecule has 1 aliphatic rings. The molecule has 0 radical (unpaired) electrons. The highest BCUT2D eigenvalue weighted by molar-refractivity contribution is 5.78. The van der Waals surface area contributed by atoms with Crippen LogP contribution in [0.2, 0.25) is 0 Å². The second-order valence-electron chi connectivity index (χ2n) is 7.93. The first-order valence-electron chi connectivity index (χ1n) is 10.3. The number of aryl methyl sites for hydroxylation is 1. The van der Waals surface area contributed by atoms with Gasteiger partial charge in [-0.25, -0.2) is 9.97 Å². The second-order valence-corrected chi connectivity index (χ2v) is 7.93. The highest BCUT2D eigenvalue weighted by Crippen LogP contribution is 2.28. The first-order valence-corrected chi connectivity index (χ1v) is 10.3. The molecule has 0 saturated carbocycles. The number of likely N-dealkylation sites (tertiary alicyclic amines) is 1. The minimum Gasteiger partial charge on any atom is -0.347 e. The van der Waals surface area contributed by atoms with Crippen molar-refractivity contribution in [2.24, 2.45) is 0 Å². The summed E-state index contributed by atoms with van der Waals surface area (Å²) in [6, 6.07) is 5.84. The van der Waals surface area contributed by atoms with E-state index in [2.05, 4.69) is 19.9 Å². The van der Waals surface area contributed by atoms with Crippen LogP contribution in [-0.2, 0) is 11.2 Å². The summed E-state index contributed by atoms with van der Waals surface area (Å²) < 4.78 is 0. The summed E-state index contributed by atoms with van der Waals surface area (Å²) in [6.07, 6.45) is 7.97. The number of hydrogen-bond donors (Lipinski definition) is 1. The molecule has 0 atom stereocenters. The minimum absolute atomic E-state index is 0.164. The number of anilines is 1. The smallest absolute Gasteiger partial charge is 0.259 e. The van der Waals surface area contributed by atoms with E-state index in [9.17, 15) is 9.59 Å². The van der Waals surface area contributed by atoms with E-state index in [0.717, 1.165) is 24.1 Å². The number of carbonyl (C=O) groups is 1. The molecule has 4 rings (SSSR count). The minimum atomic E-state index is -0.164. The normalized spacial score (nSPS) is 14.8. The average Bonchev–Trinajstić information content (AvgIpc) is 2.77. The summed E-state index contributed by atoms with van der Waals surface area (Å²) in [7, 11) is 3.74. The maximum Gasteiger partial charge on any atom is 0.259 e. The molecule has 1 N–H and O–H groups in total. The van der Waals surface area contributed by atoms with Crippen molar-refractivity contribution in [3.05, 3.63) is 58.4 Å². The van der Waals surface area contributed by atoms with Crippen molar-refractivity contribution in [1.82, 2.24) is 24.8 Å². The van der Waals surface area contributed by atoms with Crippen LogP contribution in [0.3, 0.4) is 0 Å². The van der Waals surface area contributed by atoms with Crippen molar-refractivity contribution >= 4 is 22.8 Å². The first-order chi connectivity index (χ1) is 14.5. The highest BCUT2D eigenvalue weighted by atomic mass is 16.2. The zero-order valence-corrected chi connectivity index (χ0v) is 17.3. The molecule has 30 heavy (non-hydrogen) atoms. The molecule has 0 unspecified atom stereocenters. The fourth-order valence-electron chi connectivity index (χ4n) is 3.88. The Morgan fingerprint density at radius 2 is 2.07 bits per heavy atom. The summed E-state index contributed by atoms with van der Waals surface area (Å²) >= 11 is 0. The number of H-pyrrole nitrogens is 1. The van der Waals surface area contributed by atoms with Crippen LogP contribution in [-0.4, -0.2) is 57.9 Å². The first kappa shape index (κ1) is 20.0. The van der Waals surface area contributed by atoms with Crippen LogP contribution in [0.25, 0.3) is 10.9 Å². The number of fused-ring (bicyclic) bond motifs is 1. The van der Waals surface area contributed by atoms with Gasteiger partial charge in [-0.3, -0.25) is 14.6 Å². The monoisotopic (exact) mass is 406 g/mol. The third kappa shape index (κ3) is 4.32. The molecule has 1 aliphatic heterocycles. The van der Waals surface area contributed by atoms with E-state index in [0.29, 0.717) is 42.8 Å². The van der Waals surface area contributed by atoms with Crippen molar-refractivity contribution in [3.8, 4) is 0 Å². The number of hydrogen-bond acceptors (Lipinski definition) is 6. The Morgan fingerprint density at radius 1 is 1.27 bits per heavy atom. The number of nitrogens with zero attached hydrogens (tertiary/aromatic N) is 5. The molecule has 1 saturated heterocycles. The molecule has 8 nitrogen and oxygen atoms in total. The SMILES string of the molecule is CN(C)c1ncc2c(=O)[nH]c(C3CCN(C(=O)CCc4cccnc4)CC3)cc2n1. The number of piperidine rings is 1. The Kier molecular flexibility index (Phi) is 5.74. The van der Waals surface area contributed by atoms with Crippen LogP contribution in [0.15, 0.2) is 41.6 Å². The van der Waals surface area contributed by atoms with Gasteiger partial charge in [-0.1, -0.05) is 6.07 Å². The molecule has 156 valence electrons. The molecule has 1 amide bonds. The van der Waals surface area contributed by atoms with Gasteiger partial charge in [-0.2, -0.15) is 0 Å². The molecule has 0 aliphatic carbocycles. The predicted octanol–water partition coefficient (Wildman–Crippen LogP) is 2.12. The number of carbonyl (C=O) groups excluding carboxylic acids is 1. The Bertz CT molecular complexity index is 1090. The van der Waals surface area contributed by atoms with Crippen molar-refractivity contribution in [2.75, 3.05) is 32.1 Å². The van der Waals surface area contributed by atoms with Gasteiger partial charge in [0.1, 0.15) is 0 Å². The summed E-state index contributed by atoms with van der Waals surface area (Å²) in [6.45, 7) is 1.40. The number of amides is 1. The maximum absolute atomic E-state index is 12.6. The Balaban J connectivity index is 1.41. The van der Waals surface area contributed by atoms with E-state index < -0.39 is 0 Å². The molecule has 4 heterocycles. The lowest BCUT2D eigenvalue weighted by Crippen LogP contribution is -2.38. The van der Waals surface area contributed by atoms with Gasteiger partial charge in [-0.15, -0.1) is 0 Å². The summed E-state index contributed by atoms with van der Waals surface area (Å²) in [5.41, 5.74) is 2.46. The molecule has 0 aromatic carbocycles. The van der Waals surface area contributed by atoms with Gasteiger partial charge >= 0.3 is 0 Å². The topological polar surface area (TPSA) is 95.1 Å². The molecule has 0 bridgehead atoms. The van der Waals surface area contributed by atoms with Crippen molar-refractivity contribution in [1.29, 1.82) is 0 Å². The van der Waals surface area contributed by atoms with Gasteiger partial charge in [0.25, 0.3) is 5.56 Å². The predicted molar refractivity (Wildman–Crippen MR) is 116 cm³/mol. The summed E-state index contributed by atoms with van der Waals surface area (Å²) in [5, 5.41) is 0.493. The van der Waals surface area contributed by atoms with E-state index in [1.165, 1.54) is 0 Å².